The summed E-state index contributed by atoms with van der Waals surface area (Å²) in [5.74, 6) is -1.95. The Morgan fingerprint density at radius 1 is 1.35 bits per heavy atom. The van der Waals surface area contributed by atoms with Crippen molar-refractivity contribution in [1.29, 1.82) is 0 Å². The van der Waals surface area contributed by atoms with Crippen LogP contribution in [0.2, 0.25) is 0 Å². The largest absolute Gasteiger partial charge is 0.326 e. The van der Waals surface area contributed by atoms with Gasteiger partial charge in [-0.25, -0.2) is 21.9 Å². The Morgan fingerprint density at radius 2 is 2.00 bits per heavy atom. The smallest absolute Gasteiger partial charge is 0.243 e. The molecule has 0 amide bonds. The minimum absolute atomic E-state index is 0.000272. The number of halogens is 2. The average Bonchev–Trinajstić information content (AvgIpc) is 3.17. The number of hydrogen-bond donors (Lipinski definition) is 2. The maximum absolute atomic E-state index is 14.0. The minimum atomic E-state index is -3.99. The molecule has 3 N–H and O–H groups in total. The Balaban J connectivity index is 2.26. The molecule has 1 fully saturated rings. The SMILES string of the molecule is CCC1(CNS(=O)(=O)c2ccc(F)c(CN)c2F)CC1. The summed E-state index contributed by atoms with van der Waals surface area (Å²) in [6.07, 6.45) is 2.80. The Kier molecular flexibility index (Phi) is 4.13. The van der Waals surface area contributed by atoms with Gasteiger partial charge in [0.15, 0.2) is 5.82 Å². The first kappa shape index (κ1) is 15.3. The second-order valence-corrected chi connectivity index (χ2v) is 6.96. The van der Waals surface area contributed by atoms with Crippen LogP contribution in [0.25, 0.3) is 0 Å². The van der Waals surface area contributed by atoms with Crippen LogP contribution in [0.15, 0.2) is 17.0 Å². The van der Waals surface area contributed by atoms with Crippen LogP contribution < -0.4 is 10.5 Å². The first-order valence-corrected chi connectivity index (χ1v) is 8.00. The van der Waals surface area contributed by atoms with Crippen LogP contribution in [0.4, 0.5) is 8.78 Å². The molecule has 0 bridgehead atoms. The summed E-state index contributed by atoms with van der Waals surface area (Å²) >= 11 is 0. The molecule has 20 heavy (non-hydrogen) atoms. The van der Waals surface area contributed by atoms with Gasteiger partial charge in [0.1, 0.15) is 10.7 Å². The molecule has 1 aromatic carbocycles. The summed E-state index contributed by atoms with van der Waals surface area (Å²) in [4.78, 5) is -0.550. The van der Waals surface area contributed by atoms with E-state index in [0.29, 0.717) is 0 Å². The summed E-state index contributed by atoms with van der Waals surface area (Å²) in [6.45, 7) is 1.88. The standard InChI is InChI=1S/C13H18F2N2O2S/c1-2-13(5-6-13)8-17-20(18,19)11-4-3-10(14)9(7-16)12(11)15/h3-4,17H,2,5-8,16H2,1H3. The molecule has 1 aliphatic rings. The summed E-state index contributed by atoms with van der Waals surface area (Å²) < 4.78 is 54.0. The molecule has 1 aliphatic carbocycles. The van der Waals surface area contributed by atoms with Crippen molar-refractivity contribution in [1.82, 2.24) is 4.72 Å². The summed E-state index contributed by atoms with van der Waals surface area (Å²) in [5, 5.41) is 0. The van der Waals surface area contributed by atoms with Gasteiger partial charge in [0, 0.05) is 18.7 Å². The van der Waals surface area contributed by atoms with E-state index >= 15 is 0 Å². The average molecular weight is 304 g/mol. The highest BCUT2D eigenvalue weighted by Gasteiger charge is 2.41. The van der Waals surface area contributed by atoms with Gasteiger partial charge in [-0.3, -0.25) is 0 Å². The lowest BCUT2D eigenvalue weighted by molar-refractivity contribution is 0.472. The van der Waals surface area contributed by atoms with Crippen molar-refractivity contribution in [3.63, 3.8) is 0 Å². The van der Waals surface area contributed by atoms with Crippen LogP contribution >= 0.6 is 0 Å². The van der Waals surface area contributed by atoms with Crippen LogP contribution in [0.1, 0.15) is 31.7 Å². The van der Waals surface area contributed by atoms with E-state index in [-0.39, 0.29) is 18.5 Å². The quantitative estimate of drug-likeness (QED) is 0.843. The predicted octanol–water partition coefficient (Wildman–Crippen LogP) is 1.89. The number of hydrogen-bond acceptors (Lipinski definition) is 3. The fraction of sp³-hybridized carbons (Fsp3) is 0.538. The fourth-order valence-electron chi connectivity index (χ4n) is 2.13. The Morgan fingerprint density at radius 3 is 2.50 bits per heavy atom. The topological polar surface area (TPSA) is 72.2 Å². The molecule has 2 rings (SSSR count). The highest BCUT2D eigenvalue weighted by molar-refractivity contribution is 7.89. The Bertz CT molecular complexity index is 613. The van der Waals surface area contributed by atoms with Crippen molar-refractivity contribution in [2.75, 3.05) is 6.54 Å². The summed E-state index contributed by atoms with van der Waals surface area (Å²) in [7, 11) is -3.99. The molecule has 0 aliphatic heterocycles. The van der Waals surface area contributed by atoms with Gasteiger partial charge in [0.2, 0.25) is 10.0 Å². The van der Waals surface area contributed by atoms with E-state index in [1.54, 1.807) is 0 Å². The molecule has 1 saturated carbocycles. The van der Waals surface area contributed by atoms with Crippen molar-refractivity contribution in [3.8, 4) is 0 Å². The number of nitrogens with two attached hydrogens (primary N) is 1. The van der Waals surface area contributed by atoms with Crippen molar-refractivity contribution in [2.24, 2.45) is 11.1 Å². The van der Waals surface area contributed by atoms with Crippen LogP contribution in [0, 0.1) is 17.0 Å². The van der Waals surface area contributed by atoms with Crippen molar-refractivity contribution >= 4 is 10.0 Å². The predicted molar refractivity (Wildman–Crippen MR) is 71.4 cm³/mol. The zero-order valence-corrected chi connectivity index (χ0v) is 12.1. The number of sulfonamides is 1. The number of nitrogens with one attached hydrogen (secondary N) is 1. The highest BCUT2D eigenvalue weighted by atomic mass is 32.2. The molecular formula is C13H18F2N2O2S. The van der Waals surface area contributed by atoms with Crippen LogP contribution in [-0.2, 0) is 16.6 Å². The van der Waals surface area contributed by atoms with Gasteiger partial charge in [0.25, 0.3) is 0 Å². The molecule has 4 nitrogen and oxygen atoms in total. The van der Waals surface area contributed by atoms with Gasteiger partial charge < -0.3 is 5.73 Å². The third kappa shape index (κ3) is 2.84. The highest BCUT2D eigenvalue weighted by Crippen LogP contribution is 2.48. The van der Waals surface area contributed by atoms with Crippen LogP contribution in [-0.4, -0.2) is 15.0 Å². The van der Waals surface area contributed by atoms with Crippen LogP contribution in [0.3, 0.4) is 0 Å². The second-order valence-electron chi connectivity index (χ2n) is 5.22. The van der Waals surface area contributed by atoms with Crippen molar-refractivity contribution in [2.45, 2.75) is 37.6 Å². The molecule has 112 valence electrons. The number of benzene rings is 1. The lowest BCUT2D eigenvalue weighted by atomic mass is 10.1. The zero-order valence-electron chi connectivity index (χ0n) is 11.2. The van der Waals surface area contributed by atoms with Gasteiger partial charge in [-0.15, -0.1) is 0 Å². The minimum Gasteiger partial charge on any atom is -0.326 e. The molecule has 0 aromatic heterocycles. The van der Waals surface area contributed by atoms with Gasteiger partial charge in [0.05, 0.1) is 0 Å². The fourth-order valence-corrected chi connectivity index (χ4v) is 3.39. The van der Waals surface area contributed by atoms with Crippen molar-refractivity contribution < 1.29 is 17.2 Å². The van der Waals surface area contributed by atoms with E-state index in [2.05, 4.69) is 4.72 Å². The van der Waals surface area contributed by atoms with E-state index in [1.165, 1.54) is 0 Å². The molecular weight excluding hydrogens is 286 g/mol. The van der Waals surface area contributed by atoms with Gasteiger partial charge in [-0.2, -0.15) is 0 Å². The molecule has 0 atom stereocenters. The molecule has 0 saturated heterocycles. The van der Waals surface area contributed by atoms with E-state index in [0.717, 1.165) is 31.4 Å². The maximum atomic E-state index is 14.0. The normalized spacial score (nSPS) is 17.2. The van der Waals surface area contributed by atoms with E-state index < -0.39 is 32.1 Å². The molecule has 0 heterocycles. The van der Waals surface area contributed by atoms with Crippen molar-refractivity contribution in [3.05, 3.63) is 29.3 Å². The lowest BCUT2D eigenvalue weighted by Crippen LogP contribution is -2.31. The second kappa shape index (κ2) is 5.38. The maximum Gasteiger partial charge on any atom is 0.243 e. The van der Waals surface area contributed by atoms with Gasteiger partial charge in [-0.1, -0.05) is 6.92 Å². The number of rotatable bonds is 6. The third-order valence-corrected chi connectivity index (χ3v) is 5.41. The van der Waals surface area contributed by atoms with E-state index in [9.17, 15) is 17.2 Å². The molecule has 7 heteroatoms. The molecule has 0 unspecified atom stereocenters. The molecule has 1 aromatic rings. The summed E-state index contributed by atoms with van der Waals surface area (Å²) in [5.41, 5.74) is 4.83. The summed E-state index contributed by atoms with van der Waals surface area (Å²) in [6, 6.07) is 1.85. The van der Waals surface area contributed by atoms with Gasteiger partial charge in [-0.05, 0) is 36.8 Å². The Labute approximate surface area is 117 Å². The molecule has 0 radical (unpaired) electrons. The van der Waals surface area contributed by atoms with Crippen LogP contribution in [0.5, 0.6) is 0 Å². The Hall–Kier alpha value is -1.05. The molecule has 0 spiro atoms. The zero-order chi connectivity index (χ0) is 15.0. The van der Waals surface area contributed by atoms with E-state index in [4.69, 9.17) is 5.73 Å². The lowest BCUT2D eigenvalue weighted by Gasteiger charge is -2.15. The third-order valence-electron chi connectivity index (χ3n) is 3.99. The monoisotopic (exact) mass is 304 g/mol. The first-order valence-electron chi connectivity index (χ1n) is 6.52. The van der Waals surface area contributed by atoms with Gasteiger partial charge >= 0.3 is 0 Å². The first-order chi connectivity index (χ1) is 9.35. The van der Waals surface area contributed by atoms with E-state index in [1.807, 2.05) is 6.92 Å².